The summed E-state index contributed by atoms with van der Waals surface area (Å²) in [5.41, 5.74) is 0.895. The lowest BCUT2D eigenvalue weighted by atomic mass is 10.6. The predicted octanol–water partition coefficient (Wildman–Crippen LogP) is 1.38. The zero-order valence-electron chi connectivity index (χ0n) is 8.92. The number of aromatic nitrogens is 3. The van der Waals surface area contributed by atoms with Crippen LogP contribution in [0.15, 0.2) is 29.6 Å². The van der Waals surface area contributed by atoms with E-state index in [-0.39, 0.29) is 0 Å². The van der Waals surface area contributed by atoms with Crippen molar-refractivity contribution >= 4 is 17.4 Å². The summed E-state index contributed by atoms with van der Waals surface area (Å²) in [6, 6.07) is 4.01. The first-order valence-electron chi connectivity index (χ1n) is 4.83. The van der Waals surface area contributed by atoms with Crippen LogP contribution in [0.2, 0.25) is 0 Å². The minimum absolute atomic E-state index is 0.895. The molecule has 0 N–H and O–H groups in total. The minimum Gasteiger partial charge on any atom is -0.309 e. The number of imidazole rings is 1. The SMILES string of the molecule is CN(C)CCSc1ccc2nccn2n1. The van der Waals surface area contributed by atoms with Gasteiger partial charge < -0.3 is 4.90 Å². The summed E-state index contributed by atoms with van der Waals surface area (Å²) < 4.78 is 1.80. The fourth-order valence-electron chi connectivity index (χ4n) is 1.21. The fraction of sp³-hybridized carbons (Fsp3) is 0.400. The predicted molar refractivity (Wildman–Crippen MR) is 62.3 cm³/mol. The van der Waals surface area contributed by atoms with Gasteiger partial charge in [-0.15, -0.1) is 11.8 Å². The van der Waals surface area contributed by atoms with E-state index in [1.807, 2.05) is 18.3 Å². The van der Waals surface area contributed by atoms with E-state index in [1.54, 1.807) is 22.5 Å². The van der Waals surface area contributed by atoms with E-state index in [9.17, 15) is 0 Å². The number of hydrogen-bond acceptors (Lipinski definition) is 4. The Kier molecular flexibility index (Phi) is 3.23. The third kappa shape index (κ3) is 2.70. The zero-order valence-corrected chi connectivity index (χ0v) is 9.74. The van der Waals surface area contributed by atoms with Crippen molar-refractivity contribution in [1.29, 1.82) is 0 Å². The largest absolute Gasteiger partial charge is 0.309 e. The van der Waals surface area contributed by atoms with Crippen molar-refractivity contribution in [3.05, 3.63) is 24.5 Å². The summed E-state index contributed by atoms with van der Waals surface area (Å²) in [4.78, 5) is 6.32. The second-order valence-corrected chi connectivity index (χ2v) is 4.67. The molecule has 2 aromatic rings. The van der Waals surface area contributed by atoms with Crippen molar-refractivity contribution in [2.24, 2.45) is 0 Å². The highest BCUT2D eigenvalue weighted by Crippen LogP contribution is 2.14. The number of nitrogens with zero attached hydrogens (tertiary/aromatic N) is 4. The summed E-state index contributed by atoms with van der Waals surface area (Å²) in [5.74, 6) is 1.06. The Labute approximate surface area is 93.3 Å². The molecular weight excluding hydrogens is 208 g/mol. The Morgan fingerprint density at radius 1 is 1.40 bits per heavy atom. The van der Waals surface area contributed by atoms with Gasteiger partial charge in [-0.05, 0) is 26.2 Å². The molecule has 0 aliphatic rings. The summed E-state index contributed by atoms with van der Waals surface area (Å²) >= 11 is 1.77. The standard InChI is InChI=1S/C10H14N4S/c1-13(2)7-8-15-10-4-3-9-11-5-6-14(9)12-10/h3-6H,7-8H2,1-2H3. The summed E-state index contributed by atoms with van der Waals surface area (Å²) in [5, 5.41) is 5.47. The Hall–Kier alpha value is -1.07. The molecule has 0 unspecified atom stereocenters. The topological polar surface area (TPSA) is 33.4 Å². The van der Waals surface area contributed by atoms with Crippen molar-refractivity contribution in [1.82, 2.24) is 19.5 Å². The Balaban J connectivity index is 2.02. The van der Waals surface area contributed by atoms with Crippen LogP contribution < -0.4 is 0 Å². The van der Waals surface area contributed by atoms with Crippen LogP contribution in [-0.2, 0) is 0 Å². The van der Waals surface area contributed by atoms with Gasteiger partial charge in [-0.1, -0.05) is 0 Å². The van der Waals surface area contributed by atoms with Gasteiger partial charge in [0.1, 0.15) is 5.03 Å². The normalized spacial score (nSPS) is 11.4. The first-order valence-corrected chi connectivity index (χ1v) is 5.82. The third-order valence-electron chi connectivity index (χ3n) is 2.02. The van der Waals surface area contributed by atoms with Crippen LogP contribution >= 0.6 is 11.8 Å². The van der Waals surface area contributed by atoms with E-state index < -0.39 is 0 Å². The van der Waals surface area contributed by atoms with Crippen LogP contribution in [0, 0.1) is 0 Å². The zero-order chi connectivity index (χ0) is 10.7. The van der Waals surface area contributed by atoms with Crippen molar-refractivity contribution in [2.45, 2.75) is 5.03 Å². The molecule has 80 valence electrons. The van der Waals surface area contributed by atoms with Crippen molar-refractivity contribution in [3.63, 3.8) is 0 Å². The van der Waals surface area contributed by atoms with Crippen LogP contribution in [-0.4, -0.2) is 45.9 Å². The molecule has 4 nitrogen and oxygen atoms in total. The molecule has 0 aromatic carbocycles. The van der Waals surface area contributed by atoms with Gasteiger partial charge in [0.15, 0.2) is 5.65 Å². The second kappa shape index (κ2) is 4.63. The summed E-state index contributed by atoms with van der Waals surface area (Å²) in [6.07, 6.45) is 3.63. The van der Waals surface area contributed by atoms with Crippen LogP contribution in [0.1, 0.15) is 0 Å². The number of hydrogen-bond donors (Lipinski definition) is 0. The van der Waals surface area contributed by atoms with Crippen LogP contribution in [0.5, 0.6) is 0 Å². The molecule has 0 saturated carbocycles. The minimum atomic E-state index is 0.895. The van der Waals surface area contributed by atoms with E-state index >= 15 is 0 Å². The Bertz CT molecular complexity index is 438. The van der Waals surface area contributed by atoms with Crippen LogP contribution in [0.4, 0.5) is 0 Å². The molecule has 2 heterocycles. The molecule has 2 aromatic heterocycles. The van der Waals surface area contributed by atoms with Gasteiger partial charge in [0.25, 0.3) is 0 Å². The van der Waals surface area contributed by atoms with Gasteiger partial charge >= 0.3 is 0 Å². The van der Waals surface area contributed by atoms with Gasteiger partial charge in [0.05, 0.1) is 0 Å². The lowest BCUT2D eigenvalue weighted by molar-refractivity contribution is 0.437. The first kappa shape index (κ1) is 10.4. The number of rotatable bonds is 4. The smallest absolute Gasteiger partial charge is 0.153 e. The maximum atomic E-state index is 4.43. The third-order valence-corrected chi connectivity index (χ3v) is 2.92. The van der Waals surface area contributed by atoms with Gasteiger partial charge in [0, 0.05) is 24.7 Å². The molecule has 0 fully saturated rings. The molecule has 0 spiro atoms. The van der Waals surface area contributed by atoms with Crippen LogP contribution in [0.3, 0.4) is 0 Å². The summed E-state index contributed by atoms with van der Waals surface area (Å²) in [6.45, 7) is 1.06. The molecule has 0 atom stereocenters. The van der Waals surface area contributed by atoms with Gasteiger partial charge in [0.2, 0.25) is 0 Å². The lowest BCUT2D eigenvalue weighted by Crippen LogP contribution is -2.14. The average Bonchev–Trinajstić information content (AvgIpc) is 2.64. The van der Waals surface area contributed by atoms with Gasteiger partial charge in [-0.2, -0.15) is 5.10 Å². The average molecular weight is 222 g/mol. The number of fused-ring (bicyclic) bond motifs is 1. The Morgan fingerprint density at radius 3 is 3.07 bits per heavy atom. The molecule has 0 aliphatic heterocycles. The van der Waals surface area contributed by atoms with Gasteiger partial charge in [-0.3, -0.25) is 0 Å². The molecular formula is C10H14N4S. The van der Waals surface area contributed by atoms with E-state index in [0.717, 1.165) is 23.0 Å². The fourth-order valence-corrected chi connectivity index (χ4v) is 2.18. The van der Waals surface area contributed by atoms with E-state index in [1.165, 1.54) is 0 Å². The van der Waals surface area contributed by atoms with E-state index in [2.05, 4.69) is 29.1 Å². The molecule has 0 aliphatic carbocycles. The Morgan fingerprint density at radius 2 is 2.27 bits per heavy atom. The van der Waals surface area contributed by atoms with Crippen molar-refractivity contribution < 1.29 is 0 Å². The first-order chi connectivity index (χ1) is 7.25. The van der Waals surface area contributed by atoms with Crippen molar-refractivity contribution in [3.8, 4) is 0 Å². The van der Waals surface area contributed by atoms with Crippen LogP contribution in [0.25, 0.3) is 5.65 Å². The molecule has 0 bridgehead atoms. The lowest BCUT2D eigenvalue weighted by Gasteiger charge is -2.07. The highest BCUT2D eigenvalue weighted by atomic mass is 32.2. The highest BCUT2D eigenvalue weighted by Gasteiger charge is 1.99. The molecule has 0 radical (unpaired) electrons. The second-order valence-electron chi connectivity index (χ2n) is 3.55. The maximum absolute atomic E-state index is 4.43. The molecule has 5 heteroatoms. The molecule has 0 saturated heterocycles. The molecule has 0 amide bonds. The van der Waals surface area contributed by atoms with Gasteiger partial charge in [-0.25, -0.2) is 9.50 Å². The van der Waals surface area contributed by atoms with Crippen molar-refractivity contribution in [2.75, 3.05) is 26.4 Å². The molecule has 15 heavy (non-hydrogen) atoms. The van der Waals surface area contributed by atoms with E-state index in [4.69, 9.17) is 0 Å². The highest BCUT2D eigenvalue weighted by molar-refractivity contribution is 7.99. The quantitative estimate of drug-likeness (QED) is 0.732. The summed E-state index contributed by atoms with van der Waals surface area (Å²) in [7, 11) is 4.15. The maximum Gasteiger partial charge on any atom is 0.153 e. The molecule has 2 rings (SSSR count). The van der Waals surface area contributed by atoms with E-state index in [0.29, 0.717) is 0 Å². The monoisotopic (exact) mass is 222 g/mol. The number of thioether (sulfide) groups is 1.